The zero-order valence-electron chi connectivity index (χ0n) is 15.4. The van der Waals surface area contributed by atoms with Crippen molar-refractivity contribution in [2.45, 2.75) is 11.3 Å². The van der Waals surface area contributed by atoms with E-state index in [0.717, 1.165) is 18.2 Å². The van der Waals surface area contributed by atoms with Crippen LogP contribution in [0, 0.1) is 17.5 Å². The summed E-state index contributed by atoms with van der Waals surface area (Å²) in [6.07, 6.45) is 0.121. The molecule has 0 spiro atoms. The van der Waals surface area contributed by atoms with Gasteiger partial charge in [-0.3, -0.25) is 4.79 Å². The molecule has 1 saturated heterocycles. The number of amides is 1. The smallest absolute Gasteiger partial charge is 0.243 e. The predicted octanol–water partition coefficient (Wildman–Crippen LogP) is 2.44. The van der Waals surface area contributed by atoms with E-state index in [4.69, 9.17) is 0 Å². The van der Waals surface area contributed by atoms with E-state index in [1.807, 2.05) is 4.90 Å². The fourth-order valence-corrected chi connectivity index (χ4v) is 4.48. The van der Waals surface area contributed by atoms with E-state index in [2.05, 4.69) is 5.32 Å². The van der Waals surface area contributed by atoms with E-state index in [9.17, 15) is 26.4 Å². The van der Waals surface area contributed by atoms with Crippen LogP contribution in [0.25, 0.3) is 0 Å². The van der Waals surface area contributed by atoms with Gasteiger partial charge in [0, 0.05) is 50.9 Å². The van der Waals surface area contributed by atoms with Crippen LogP contribution in [0.5, 0.6) is 0 Å². The molecular formula is C19H20F3N3O3S. The number of carbonyl (C=O) groups is 1. The van der Waals surface area contributed by atoms with Crippen molar-refractivity contribution in [1.82, 2.24) is 9.21 Å². The summed E-state index contributed by atoms with van der Waals surface area (Å²) < 4.78 is 65.9. The molecule has 156 valence electrons. The number of anilines is 1. The van der Waals surface area contributed by atoms with Gasteiger partial charge in [0.25, 0.3) is 0 Å². The first kappa shape index (κ1) is 21.3. The maximum atomic E-state index is 13.3. The van der Waals surface area contributed by atoms with Crippen LogP contribution in [-0.2, 0) is 14.8 Å². The first-order valence-electron chi connectivity index (χ1n) is 8.99. The van der Waals surface area contributed by atoms with Gasteiger partial charge in [0.2, 0.25) is 15.9 Å². The third kappa shape index (κ3) is 5.34. The van der Waals surface area contributed by atoms with Crippen LogP contribution in [-0.4, -0.2) is 56.3 Å². The number of piperazine rings is 1. The summed E-state index contributed by atoms with van der Waals surface area (Å²) in [5.41, 5.74) is 0.167. The molecule has 2 aromatic rings. The average Bonchev–Trinajstić information content (AvgIpc) is 2.69. The summed E-state index contributed by atoms with van der Waals surface area (Å²) in [5, 5.41) is 2.50. The van der Waals surface area contributed by atoms with Crippen molar-refractivity contribution in [3.05, 3.63) is 59.9 Å². The van der Waals surface area contributed by atoms with Gasteiger partial charge in [-0.25, -0.2) is 21.6 Å². The number of hydrogen-bond donors (Lipinski definition) is 1. The molecule has 0 radical (unpaired) electrons. The SMILES string of the molecule is O=C(CCN1CCN(S(=O)(=O)c2cccc(F)c2)CC1)Nc1ccc(F)c(F)c1. The van der Waals surface area contributed by atoms with E-state index >= 15 is 0 Å². The van der Waals surface area contributed by atoms with Crippen molar-refractivity contribution < 1.29 is 26.4 Å². The van der Waals surface area contributed by atoms with Crippen molar-refractivity contribution in [3.8, 4) is 0 Å². The molecule has 10 heteroatoms. The number of carbonyl (C=O) groups excluding carboxylic acids is 1. The maximum Gasteiger partial charge on any atom is 0.243 e. The minimum Gasteiger partial charge on any atom is -0.326 e. The first-order chi connectivity index (χ1) is 13.8. The number of rotatable bonds is 6. The van der Waals surface area contributed by atoms with Gasteiger partial charge in [-0.2, -0.15) is 4.31 Å². The molecule has 0 unspecified atom stereocenters. The van der Waals surface area contributed by atoms with Gasteiger partial charge in [0.15, 0.2) is 11.6 Å². The lowest BCUT2D eigenvalue weighted by molar-refractivity contribution is -0.116. The molecule has 0 atom stereocenters. The van der Waals surface area contributed by atoms with Gasteiger partial charge in [-0.1, -0.05) is 6.07 Å². The largest absolute Gasteiger partial charge is 0.326 e. The Morgan fingerprint density at radius 2 is 1.69 bits per heavy atom. The van der Waals surface area contributed by atoms with Crippen molar-refractivity contribution in [1.29, 1.82) is 0 Å². The molecule has 1 fully saturated rings. The molecule has 1 aliphatic heterocycles. The van der Waals surface area contributed by atoms with Crippen molar-refractivity contribution >= 4 is 21.6 Å². The van der Waals surface area contributed by atoms with Crippen LogP contribution >= 0.6 is 0 Å². The summed E-state index contributed by atoms with van der Waals surface area (Å²) in [7, 11) is -3.77. The maximum absolute atomic E-state index is 13.3. The summed E-state index contributed by atoms with van der Waals surface area (Å²) in [4.78, 5) is 13.8. The molecule has 1 N–H and O–H groups in total. The Balaban J connectivity index is 1.48. The highest BCUT2D eigenvalue weighted by atomic mass is 32.2. The number of nitrogens with zero attached hydrogens (tertiary/aromatic N) is 2. The summed E-state index contributed by atoms with van der Waals surface area (Å²) in [6.45, 7) is 1.69. The Morgan fingerprint density at radius 1 is 0.966 bits per heavy atom. The minimum absolute atomic E-state index is 0.0862. The second-order valence-corrected chi connectivity index (χ2v) is 8.57. The van der Waals surface area contributed by atoms with E-state index in [0.29, 0.717) is 19.6 Å². The standard InChI is InChI=1S/C19H20F3N3O3S/c20-14-2-1-3-16(12-14)29(27,28)25-10-8-24(9-11-25)7-6-19(26)23-15-4-5-17(21)18(22)13-15/h1-5,12-13H,6-11H2,(H,23,26). The molecule has 2 aromatic carbocycles. The highest BCUT2D eigenvalue weighted by Crippen LogP contribution is 2.19. The second kappa shape index (κ2) is 8.93. The molecule has 1 heterocycles. The second-order valence-electron chi connectivity index (χ2n) is 6.63. The van der Waals surface area contributed by atoms with Gasteiger partial charge in [-0.15, -0.1) is 0 Å². The number of benzene rings is 2. The van der Waals surface area contributed by atoms with Crippen LogP contribution in [0.3, 0.4) is 0 Å². The third-order valence-corrected chi connectivity index (χ3v) is 6.52. The molecule has 1 aliphatic rings. The normalized spacial score (nSPS) is 16.0. The van der Waals surface area contributed by atoms with Gasteiger partial charge in [0.1, 0.15) is 5.82 Å². The predicted molar refractivity (Wildman–Crippen MR) is 101 cm³/mol. The average molecular weight is 427 g/mol. The summed E-state index contributed by atoms with van der Waals surface area (Å²) in [6, 6.07) is 7.99. The number of halogens is 3. The zero-order chi connectivity index (χ0) is 21.0. The monoisotopic (exact) mass is 427 g/mol. The van der Waals surface area contributed by atoms with E-state index in [-0.39, 0.29) is 36.0 Å². The Bertz CT molecular complexity index is 993. The molecule has 0 bridgehead atoms. The highest BCUT2D eigenvalue weighted by Gasteiger charge is 2.28. The minimum atomic E-state index is -3.77. The Labute approximate surface area is 167 Å². The lowest BCUT2D eigenvalue weighted by Crippen LogP contribution is -2.49. The number of nitrogens with one attached hydrogen (secondary N) is 1. The van der Waals surface area contributed by atoms with Crippen molar-refractivity contribution in [2.24, 2.45) is 0 Å². The van der Waals surface area contributed by atoms with Crippen LogP contribution in [0.4, 0.5) is 18.9 Å². The molecule has 0 saturated carbocycles. The lowest BCUT2D eigenvalue weighted by atomic mass is 10.2. The molecule has 0 aromatic heterocycles. The zero-order valence-corrected chi connectivity index (χ0v) is 16.3. The van der Waals surface area contributed by atoms with Crippen LogP contribution in [0.2, 0.25) is 0 Å². The topological polar surface area (TPSA) is 69.7 Å². The van der Waals surface area contributed by atoms with Crippen LogP contribution in [0.1, 0.15) is 6.42 Å². The Morgan fingerprint density at radius 3 is 2.34 bits per heavy atom. The Hall–Kier alpha value is -2.43. The fourth-order valence-electron chi connectivity index (χ4n) is 3.03. The highest BCUT2D eigenvalue weighted by molar-refractivity contribution is 7.89. The summed E-state index contributed by atoms with van der Waals surface area (Å²) >= 11 is 0. The summed E-state index contributed by atoms with van der Waals surface area (Å²) in [5.74, 6) is -3.00. The number of hydrogen-bond acceptors (Lipinski definition) is 4. The first-order valence-corrected chi connectivity index (χ1v) is 10.4. The van der Waals surface area contributed by atoms with Crippen molar-refractivity contribution in [2.75, 3.05) is 38.0 Å². The van der Waals surface area contributed by atoms with Gasteiger partial charge in [0.05, 0.1) is 4.90 Å². The fraction of sp³-hybridized carbons (Fsp3) is 0.316. The van der Waals surface area contributed by atoms with E-state index in [1.54, 1.807) is 0 Å². The molecule has 0 aliphatic carbocycles. The molecular weight excluding hydrogens is 407 g/mol. The third-order valence-electron chi connectivity index (χ3n) is 4.62. The molecule has 3 rings (SSSR count). The van der Waals surface area contributed by atoms with Gasteiger partial charge < -0.3 is 10.2 Å². The van der Waals surface area contributed by atoms with E-state index in [1.165, 1.54) is 28.6 Å². The molecule has 1 amide bonds. The number of sulfonamides is 1. The molecule has 29 heavy (non-hydrogen) atoms. The van der Waals surface area contributed by atoms with E-state index < -0.39 is 27.5 Å². The lowest BCUT2D eigenvalue weighted by Gasteiger charge is -2.33. The quantitative estimate of drug-likeness (QED) is 0.769. The van der Waals surface area contributed by atoms with Crippen molar-refractivity contribution in [3.63, 3.8) is 0 Å². The molecule has 6 nitrogen and oxygen atoms in total. The van der Waals surface area contributed by atoms with Crippen LogP contribution < -0.4 is 5.32 Å². The van der Waals surface area contributed by atoms with Gasteiger partial charge >= 0.3 is 0 Å². The Kier molecular flexibility index (Phi) is 6.56. The van der Waals surface area contributed by atoms with Crippen LogP contribution in [0.15, 0.2) is 47.4 Å². The van der Waals surface area contributed by atoms with Gasteiger partial charge in [-0.05, 0) is 30.3 Å².